The molecule has 26 heavy (non-hydrogen) atoms. The van der Waals surface area contributed by atoms with Crippen molar-refractivity contribution in [3.8, 4) is 0 Å². The smallest absolute Gasteiger partial charge is 0.270 e. The molecule has 0 saturated carbocycles. The summed E-state index contributed by atoms with van der Waals surface area (Å²) in [7, 11) is -3.69. The lowest BCUT2D eigenvalue weighted by atomic mass is 10.1. The molecule has 138 valence electrons. The lowest BCUT2D eigenvalue weighted by Gasteiger charge is -2.16. The molecule has 1 amide bonds. The molecule has 0 aliphatic carbocycles. The Morgan fingerprint density at radius 2 is 1.85 bits per heavy atom. The fraction of sp³-hybridized carbons (Fsp3) is 0.353. The van der Waals surface area contributed by atoms with Crippen molar-refractivity contribution in [3.63, 3.8) is 0 Å². The van der Waals surface area contributed by atoms with E-state index in [1.807, 2.05) is 0 Å². The molecule has 8 nitrogen and oxygen atoms in total. The van der Waals surface area contributed by atoms with Crippen molar-refractivity contribution in [3.05, 3.63) is 47.9 Å². The Morgan fingerprint density at radius 3 is 2.50 bits per heavy atom. The average Bonchev–Trinajstić information content (AvgIpc) is 3.16. The van der Waals surface area contributed by atoms with Gasteiger partial charge in [-0.25, -0.2) is 23.5 Å². The SMILES string of the molecule is NS(=O)(=O)c1ccc(CCNC(=O)c2cc(N3CCCC3)ncn2)cc1. The van der Waals surface area contributed by atoms with E-state index < -0.39 is 10.0 Å². The molecule has 0 bridgehead atoms. The Hall–Kier alpha value is -2.52. The molecule has 0 unspecified atom stereocenters. The van der Waals surface area contributed by atoms with Crippen LogP contribution in [0.4, 0.5) is 5.82 Å². The third-order valence-corrected chi connectivity index (χ3v) is 5.20. The molecule has 1 aliphatic rings. The van der Waals surface area contributed by atoms with Crippen LogP contribution in [0.25, 0.3) is 0 Å². The Balaban J connectivity index is 1.55. The molecule has 1 fully saturated rings. The van der Waals surface area contributed by atoms with E-state index in [1.54, 1.807) is 18.2 Å². The molecule has 1 saturated heterocycles. The molecule has 0 spiro atoms. The van der Waals surface area contributed by atoms with Gasteiger partial charge in [0, 0.05) is 25.7 Å². The fourth-order valence-corrected chi connectivity index (χ4v) is 3.36. The first-order valence-electron chi connectivity index (χ1n) is 8.40. The Bertz CT molecular complexity index is 878. The van der Waals surface area contributed by atoms with Gasteiger partial charge in [0.05, 0.1) is 4.90 Å². The number of amides is 1. The third-order valence-electron chi connectivity index (χ3n) is 4.27. The summed E-state index contributed by atoms with van der Waals surface area (Å²) < 4.78 is 22.5. The van der Waals surface area contributed by atoms with Gasteiger partial charge in [0.25, 0.3) is 5.91 Å². The monoisotopic (exact) mass is 375 g/mol. The number of hydrogen-bond acceptors (Lipinski definition) is 6. The van der Waals surface area contributed by atoms with E-state index in [-0.39, 0.29) is 10.8 Å². The van der Waals surface area contributed by atoms with Crippen molar-refractivity contribution in [1.82, 2.24) is 15.3 Å². The number of primary sulfonamides is 1. The summed E-state index contributed by atoms with van der Waals surface area (Å²) >= 11 is 0. The molecule has 9 heteroatoms. The van der Waals surface area contributed by atoms with Gasteiger partial charge in [-0.15, -0.1) is 0 Å². The molecule has 2 aromatic rings. The standard InChI is InChI=1S/C17H21N5O3S/c18-26(24,25)14-5-3-13(4-6-14)7-8-19-17(23)15-11-16(21-12-20-15)22-9-1-2-10-22/h3-6,11-12H,1-2,7-10H2,(H,19,23)(H2,18,24,25). The third kappa shape index (κ3) is 4.55. The van der Waals surface area contributed by atoms with Crippen molar-refractivity contribution in [2.75, 3.05) is 24.5 Å². The fourth-order valence-electron chi connectivity index (χ4n) is 2.85. The van der Waals surface area contributed by atoms with Crippen LogP contribution in [0.1, 0.15) is 28.9 Å². The predicted octanol–water partition coefficient (Wildman–Crippen LogP) is 0.697. The molecular formula is C17H21N5O3S. The van der Waals surface area contributed by atoms with Crippen molar-refractivity contribution in [2.24, 2.45) is 5.14 Å². The highest BCUT2D eigenvalue weighted by Gasteiger charge is 2.16. The van der Waals surface area contributed by atoms with Gasteiger partial charge in [-0.05, 0) is 37.0 Å². The number of carbonyl (C=O) groups excluding carboxylic acids is 1. The van der Waals surface area contributed by atoms with Gasteiger partial charge in [0.2, 0.25) is 10.0 Å². The highest BCUT2D eigenvalue weighted by atomic mass is 32.2. The lowest BCUT2D eigenvalue weighted by Crippen LogP contribution is -2.27. The summed E-state index contributed by atoms with van der Waals surface area (Å²) in [5.74, 6) is 0.523. The second kappa shape index (κ2) is 7.79. The number of benzene rings is 1. The topological polar surface area (TPSA) is 118 Å². The number of sulfonamides is 1. The lowest BCUT2D eigenvalue weighted by molar-refractivity contribution is 0.0949. The number of carbonyl (C=O) groups is 1. The van der Waals surface area contributed by atoms with Crippen LogP contribution >= 0.6 is 0 Å². The van der Waals surface area contributed by atoms with E-state index in [0.717, 1.165) is 37.3 Å². The highest BCUT2D eigenvalue weighted by Crippen LogP contribution is 2.17. The number of anilines is 1. The maximum Gasteiger partial charge on any atom is 0.270 e. The molecule has 3 rings (SSSR count). The minimum atomic E-state index is -3.69. The van der Waals surface area contributed by atoms with Crippen LogP contribution in [0.3, 0.4) is 0 Å². The Kier molecular flexibility index (Phi) is 5.48. The molecular weight excluding hydrogens is 354 g/mol. The van der Waals surface area contributed by atoms with E-state index in [2.05, 4.69) is 20.2 Å². The minimum Gasteiger partial charge on any atom is -0.357 e. The quantitative estimate of drug-likeness (QED) is 0.767. The van der Waals surface area contributed by atoms with Crippen LogP contribution in [-0.4, -0.2) is 43.9 Å². The van der Waals surface area contributed by atoms with Crippen LogP contribution in [0.5, 0.6) is 0 Å². The van der Waals surface area contributed by atoms with E-state index in [0.29, 0.717) is 18.7 Å². The second-order valence-electron chi connectivity index (χ2n) is 6.15. The number of hydrogen-bond donors (Lipinski definition) is 2. The molecule has 1 aliphatic heterocycles. The van der Waals surface area contributed by atoms with Crippen LogP contribution in [0.2, 0.25) is 0 Å². The average molecular weight is 375 g/mol. The molecule has 1 aromatic carbocycles. The van der Waals surface area contributed by atoms with E-state index in [1.165, 1.54) is 18.5 Å². The summed E-state index contributed by atoms with van der Waals surface area (Å²) in [6, 6.07) is 7.99. The zero-order chi connectivity index (χ0) is 18.6. The zero-order valence-electron chi connectivity index (χ0n) is 14.3. The van der Waals surface area contributed by atoms with E-state index >= 15 is 0 Å². The first-order valence-corrected chi connectivity index (χ1v) is 9.95. The number of nitrogens with zero attached hydrogens (tertiary/aromatic N) is 3. The molecule has 0 radical (unpaired) electrons. The predicted molar refractivity (Wildman–Crippen MR) is 97.3 cm³/mol. The number of nitrogens with two attached hydrogens (primary N) is 1. The van der Waals surface area contributed by atoms with Crippen LogP contribution in [-0.2, 0) is 16.4 Å². The van der Waals surface area contributed by atoms with Crippen molar-refractivity contribution in [2.45, 2.75) is 24.2 Å². The van der Waals surface area contributed by atoms with Gasteiger partial charge in [-0.2, -0.15) is 0 Å². The maximum atomic E-state index is 12.3. The van der Waals surface area contributed by atoms with E-state index in [9.17, 15) is 13.2 Å². The molecule has 1 aromatic heterocycles. The van der Waals surface area contributed by atoms with Gasteiger partial charge < -0.3 is 10.2 Å². The second-order valence-corrected chi connectivity index (χ2v) is 7.71. The van der Waals surface area contributed by atoms with Crippen LogP contribution in [0, 0.1) is 0 Å². The summed E-state index contributed by atoms with van der Waals surface area (Å²) in [4.78, 5) is 22.8. The van der Waals surface area contributed by atoms with Gasteiger partial charge in [0.15, 0.2) is 0 Å². The highest BCUT2D eigenvalue weighted by molar-refractivity contribution is 7.89. The molecule has 2 heterocycles. The van der Waals surface area contributed by atoms with Crippen LogP contribution < -0.4 is 15.4 Å². The minimum absolute atomic E-state index is 0.0701. The normalized spacial score (nSPS) is 14.4. The van der Waals surface area contributed by atoms with Crippen molar-refractivity contribution in [1.29, 1.82) is 0 Å². The number of nitrogens with one attached hydrogen (secondary N) is 1. The first kappa shape index (κ1) is 18.3. The number of aromatic nitrogens is 2. The summed E-state index contributed by atoms with van der Waals surface area (Å²) in [6.07, 6.45) is 4.25. The zero-order valence-corrected chi connectivity index (χ0v) is 15.1. The van der Waals surface area contributed by atoms with Crippen molar-refractivity contribution < 1.29 is 13.2 Å². The van der Waals surface area contributed by atoms with Crippen LogP contribution in [0.15, 0.2) is 41.6 Å². The summed E-state index contributed by atoms with van der Waals surface area (Å²) in [6.45, 7) is 2.32. The summed E-state index contributed by atoms with van der Waals surface area (Å²) in [5.41, 5.74) is 1.24. The maximum absolute atomic E-state index is 12.3. The van der Waals surface area contributed by atoms with E-state index in [4.69, 9.17) is 5.14 Å². The van der Waals surface area contributed by atoms with Crippen molar-refractivity contribution >= 4 is 21.7 Å². The first-order chi connectivity index (χ1) is 12.4. The molecule has 3 N–H and O–H groups in total. The summed E-state index contributed by atoms with van der Waals surface area (Å²) in [5, 5.41) is 7.89. The van der Waals surface area contributed by atoms with Gasteiger partial charge in [-0.1, -0.05) is 12.1 Å². The van der Waals surface area contributed by atoms with Gasteiger partial charge in [0.1, 0.15) is 17.8 Å². The number of rotatable bonds is 6. The Labute approximate surface area is 152 Å². The molecule has 0 atom stereocenters. The Morgan fingerprint density at radius 1 is 1.15 bits per heavy atom. The largest absolute Gasteiger partial charge is 0.357 e. The van der Waals surface area contributed by atoms with Gasteiger partial charge >= 0.3 is 0 Å². The van der Waals surface area contributed by atoms with Gasteiger partial charge in [-0.3, -0.25) is 4.79 Å².